The second kappa shape index (κ2) is 6.32. The number of benzene rings is 2. The number of fused-ring (bicyclic) bond motifs is 1. The van der Waals surface area contributed by atoms with Crippen LogP contribution in [0.5, 0.6) is 0 Å². The fraction of sp³-hybridized carbons (Fsp3) is 0. The Hall–Kier alpha value is -3.27. The number of non-ortho nitro benzene ring substituents is 1. The minimum atomic E-state index is -1.15. The third kappa shape index (κ3) is 3.19. The number of rotatable bonds is 4. The highest BCUT2D eigenvalue weighted by Gasteiger charge is 2.26. The summed E-state index contributed by atoms with van der Waals surface area (Å²) in [6.45, 7) is 0. The molecule has 1 aromatic heterocycles. The lowest BCUT2D eigenvalue weighted by Gasteiger charge is -2.09. The van der Waals surface area contributed by atoms with Gasteiger partial charge in [0.05, 0.1) is 15.2 Å². The first-order chi connectivity index (χ1) is 11.9. The summed E-state index contributed by atoms with van der Waals surface area (Å²) in [6, 6.07) is 10.2. The van der Waals surface area contributed by atoms with Gasteiger partial charge in [0.2, 0.25) is 0 Å². The van der Waals surface area contributed by atoms with Gasteiger partial charge in [-0.1, -0.05) is 15.9 Å². The molecule has 0 aliphatic rings. The van der Waals surface area contributed by atoms with Gasteiger partial charge < -0.3 is 9.73 Å². The van der Waals surface area contributed by atoms with E-state index in [0.29, 0.717) is 5.69 Å². The van der Waals surface area contributed by atoms with Crippen molar-refractivity contribution in [1.29, 1.82) is 0 Å². The predicted octanol–water partition coefficient (Wildman–Crippen LogP) is 4.12. The summed E-state index contributed by atoms with van der Waals surface area (Å²) in [5, 5.41) is 25.1. The van der Waals surface area contributed by atoms with Crippen LogP contribution in [0.1, 0.15) is 0 Å². The molecule has 0 fully saturated rings. The molecule has 0 aliphatic heterocycles. The molecule has 1 heterocycles. The molecular weight excluding hydrogens is 398 g/mol. The molecule has 0 spiro atoms. The van der Waals surface area contributed by atoms with Crippen LogP contribution < -0.4 is 10.9 Å². The quantitative estimate of drug-likeness (QED) is 0.392. The Morgan fingerprint density at radius 3 is 2.28 bits per heavy atom. The largest absolute Gasteiger partial charge is 0.418 e. The second-order valence-electron chi connectivity index (χ2n) is 4.94. The Bertz CT molecular complexity index is 1060. The third-order valence-corrected chi connectivity index (χ3v) is 3.90. The molecule has 3 rings (SSSR count). The molecule has 0 saturated carbocycles. The normalized spacial score (nSPS) is 10.6. The molecule has 0 radical (unpaired) electrons. The monoisotopic (exact) mass is 405 g/mol. The maximum Gasteiger partial charge on any atom is 0.417 e. The lowest BCUT2D eigenvalue weighted by Crippen LogP contribution is -2.10. The van der Waals surface area contributed by atoms with E-state index in [0.717, 1.165) is 16.6 Å². The van der Waals surface area contributed by atoms with Crippen LogP contribution in [0.3, 0.4) is 0 Å². The molecule has 2 aromatic carbocycles. The van der Waals surface area contributed by atoms with Gasteiger partial charge in [-0.2, -0.15) is 0 Å². The van der Waals surface area contributed by atoms with Crippen molar-refractivity contribution in [2.45, 2.75) is 0 Å². The highest BCUT2D eigenvalue weighted by Crippen LogP contribution is 2.34. The molecule has 0 aliphatic carbocycles. The van der Waals surface area contributed by atoms with E-state index in [-0.39, 0.29) is 22.3 Å². The van der Waals surface area contributed by atoms with Crippen LogP contribution in [0.4, 0.5) is 22.7 Å². The number of halogens is 1. The zero-order chi connectivity index (χ0) is 18.1. The average molecular weight is 406 g/mol. The molecule has 9 nitrogen and oxygen atoms in total. The van der Waals surface area contributed by atoms with E-state index in [4.69, 9.17) is 4.42 Å². The lowest BCUT2D eigenvalue weighted by atomic mass is 10.1. The number of nitro benzene ring substituents is 1. The second-order valence-corrected chi connectivity index (χ2v) is 5.86. The van der Waals surface area contributed by atoms with Crippen molar-refractivity contribution in [2.75, 3.05) is 5.32 Å². The summed E-state index contributed by atoms with van der Waals surface area (Å²) < 4.78 is 5.71. The molecule has 10 heteroatoms. The maximum atomic E-state index is 12.0. The fourth-order valence-corrected chi connectivity index (χ4v) is 2.53. The van der Waals surface area contributed by atoms with Gasteiger partial charge in [-0.05, 0) is 30.3 Å². The molecule has 0 amide bonds. The van der Waals surface area contributed by atoms with Crippen LogP contribution in [-0.4, -0.2) is 9.85 Å². The molecular formula is C15H8BrN3O6. The van der Waals surface area contributed by atoms with Crippen molar-refractivity contribution < 1.29 is 14.3 Å². The predicted molar refractivity (Wildman–Crippen MR) is 93.2 cm³/mol. The van der Waals surface area contributed by atoms with Gasteiger partial charge in [0.15, 0.2) is 0 Å². The van der Waals surface area contributed by atoms with Crippen LogP contribution in [0.25, 0.3) is 11.0 Å². The van der Waals surface area contributed by atoms with E-state index in [1.54, 1.807) is 24.3 Å². The summed E-state index contributed by atoms with van der Waals surface area (Å²) in [5.41, 5.74) is -1.95. The van der Waals surface area contributed by atoms with Gasteiger partial charge in [-0.15, -0.1) is 0 Å². The highest BCUT2D eigenvalue weighted by molar-refractivity contribution is 9.10. The van der Waals surface area contributed by atoms with Crippen molar-refractivity contribution >= 4 is 49.6 Å². The van der Waals surface area contributed by atoms with E-state index in [9.17, 15) is 25.0 Å². The van der Waals surface area contributed by atoms with Crippen molar-refractivity contribution in [3.8, 4) is 0 Å². The van der Waals surface area contributed by atoms with E-state index < -0.39 is 21.2 Å². The molecule has 25 heavy (non-hydrogen) atoms. The Kier molecular flexibility index (Phi) is 4.19. The summed E-state index contributed by atoms with van der Waals surface area (Å²) in [6.07, 6.45) is 0. The van der Waals surface area contributed by atoms with Gasteiger partial charge in [0, 0.05) is 22.3 Å². The third-order valence-electron chi connectivity index (χ3n) is 3.37. The van der Waals surface area contributed by atoms with Gasteiger partial charge in [0.1, 0.15) is 11.3 Å². The first-order valence-electron chi connectivity index (χ1n) is 6.79. The van der Waals surface area contributed by atoms with Crippen molar-refractivity contribution in [1.82, 2.24) is 0 Å². The topological polar surface area (TPSA) is 129 Å². The number of nitrogens with one attached hydrogen (secondary N) is 1. The minimum Gasteiger partial charge on any atom is -0.418 e. The average Bonchev–Trinajstić information content (AvgIpc) is 2.56. The Morgan fingerprint density at radius 1 is 1.00 bits per heavy atom. The van der Waals surface area contributed by atoms with Crippen LogP contribution in [-0.2, 0) is 0 Å². The Labute approximate surface area is 147 Å². The fourth-order valence-electron chi connectivity index (χ4n) is 2.26. The van der Waals surface area contributed by atoms with E-state index in [2.05, 4.69) is 21.2 Å². The zero-order valence-electron chi connectivity index (χ0n) is 12.3. The zero-order valence-corrected chi connectivity index (χ0v) is 13.8. The van der Waals surface area contributed by atoms with Crippen LogP contribution in [0, 0.1) is 20.2 Å². The van der Waals surface area contributed by atoms with Crippen LogP contribution >= 0.6 is 15.9 Å². The SMILES string of the molecule is O=c1oc2ccc([N+](=O)[O-])cc2c(Nc2ccc(Br)cc2)c1[N+](=O)[O-]. The smallest absolute Gasteiger partial charge is 0.417 e. The first kappa shape index (κ1) is 16.6. The highest BCUT2D eigenvalue weighted by atomic mass is 79.9. The number of nitrogens with zero attached hydrogens (tertiary/aromatic N) is 2. The molecule has 0 atom stereocenters. The maximum absolute atomic E-state index is 12.0. The van der Waals surface area contributed by atoms with E-state index in [1.165, 1.54) is 6.07 Å². The van der Waals surface area contributed by atoms with E-state index in [1.807, 2.05) is 0 Å². The molecule has 3 aromatic rings. The summed E-state index contributed by atoms with van der Waals surface area (Å²) in [7, 11) is 0. The summed E-state index contributed by atoms with van der Waals surface area (Å²) >= 11 is 3.27. The number of hydrogen-bond acceptors (Lipinski definition) is 7. The molecule has 126 valence electrons. The molecule has 0 unspecified atom stereocenters. The van der Waals surface area contributed by atoms with Crippen LogP contribution in [0.2, 0.25) is 0 Å². The Balaban J connectivity index is 2.30. The van der Waals surface area contributed by atoms with E-state index >= 15 is 0 Å². The van der Waals surface area contributed by atoms with Gasteiger partial charge in [-0.3, -0.25) is 20.2 Å². The summed E-state index contributed by atoms with van der Waals surface area (Å²) in [5.74, 6) is 0. The minimum absolute atomic E-state index is 0.000752. The number of hydrogen-bond donors (Lipinski definition) is 1. The molecule has 0 saturated heterocycles. The standard InChI is InChI=1S/C15H8BrN3O6/c16-8-1-3-9(4-2-8)17-13-11-7-10(18(21)22)5-6-12(11)25-15(20)14(13)19(23)24/h1-7,17H. The number of anilines is 2. The first-order valence-corrected chi connectivity index (χ1v) is 7.58. The van der Waals surface area contributed by atoms with Crippen LogP contribution in [0.15, 0.2) is 56.1 Å². The van der Waals surface area contributed by atoms with Gasteiger partial charge in [-0.25, -0.2) is 4.79 Å². The van der Waals surface area contributed by atoms with Gasteiger partial charge >= 0.3 is 11.3 Å². The Morgan fingerprint density at radius 2 is 1.68 bits per heavy atom. The molecule has 0 bridgehead atoms. The number of nitro groups is 2. The van der Waals surface area contributed by atoms with Crippen molar-refractivity contribution in [3.05, 3.63) is 77.6 Å². The van der Waals surface area contributed by atoms with Crippen molar-refractivity contribution in [2.24, 2.45) is 0 Å². The summed E-state index contributed by atoms with van der Waals surface area (Å²) in [4.78, 5) is 32.8. The van der Waals surface area contributed by atoms with Crippen molar-refractivity contribution in [3.63, 3.8) is 0 Å². The molecule has 1 N–H and O–H groups in total. The lowest BCUT2D eigenvalue weighted by molar-refractivity contribution is -0.386. The van der Waals surface area contributed by atoms with Gasteiger partial charge in [0.25, 0.3) is 5.69 Å².